The van der Waals surface area contributed by atoms with Gasteiger partial charge in [-0.05, 0) is 30.7 Å². The van der Waals surface area contributed by atoms with Crippen LogP contribution in [0.2, 0.25) is 5.02 Å². The lowest BCUT2D eigenvalue weighted by Gasteiger charge is -2.19. The van der Waals surface area contributed by atoms with E-state index >= 15 is 0 Å². The van der Waals surface area contributed by atoms with Gasteiger partial charge in [0.1, 0.15) is 11.1 Å². The Morgan fingerprint density at radius 2 is 2.21 bits per heavy atom. The van der Waals surface area contributed by atoms with Gasteiger partial charge >= 0.3 is 5.69 Å². The Labute approximate surface area is 143 Å². The van der Waals surface area contributed by atoms with Gasteiger partial charge in [0.25, 0.3) is 5.56 Å². The van der Waals surface area contributed by atoms with E-state index in [4.69, 9.17) is 16.3 Å². The summed E-state index contributed by atoms with van der Waals surface area (Å²) in [5, 5.41) is 0.452. The number of nitrogens with zero attached hydrogens (tertiary/aromatic N) is 2. The van der Waals surface area contributed by atoms with Crippen molar-refractivity contribution in [2.75, 3.05) is 0 Å². The van der Waals surface area contributed by atoms with Crippen LogP contribution in [0, 0.1) is 6.92 Å². The fraction of sp³-hybridized carbons (Fsp3) is 0.235. The number of pyridine rings is 1. The van der Waals surface area contributed by atoms with Gasteiger partial charge in [-0.3, -0.25) is 14.3 Å². The molecule has 0 spiro atoms. The average Bonchev–Trinajstić information content (AvgIpc) is 2.57. The quantitative estimate of drug-likeness (QED) is 0.925. The SMILES string of the molecule is Cc1c(C2=CCC(Oc3ncccc3Cl)C=C2)n(C)c(=O)[nH]c1=O. The number of allylic oxidation sites excluding steroid dienone is 2. The molecule has 1 N–H and O–H groups in total. The van der Waals surface area contributed by atoms with Crippen molar-refractivity contribution in [1.29, 1.82) is 0 Å². The third-order valence-corrected chi connectivity index (χ3v) is 4.17. The number of hydrogen-bond acceptors (Lipinski definition) is 4. The van der Waals surface area contributed by atoms with Crippen molar-refractivity contribution in [3.8, 4) is 5.88 Å². The number of rotatable bonds is 3. The largest absolute Gasteiger partial charge is 0.469 e. The topological polar surface area (TPSA) is 77.0 Å². The monoisotopic (exact) mass is 345 g/mol. The lowest BCUT2D eigenvalue weighted by Crippen LogP contribution is -2.32. The number of nitrogens with one attached hydrogen (secondary N) is 1. The Kier molecular flexibility index (Phi) is 4.40. The van der Waals surface area contributed by atoms with Gasteiger partial charge < -0.3 is 4.74 Å². The van der Waals surface area contributed by atoms with Crippen molar-refractivity contribution in [2.24, 2.45) is 7.05 Å². The number of aromatic amines is 1. The summed E-state index contributed by atoms with van der Waals surface area (Å²) in [6.45, 7) is 1.69. The van der Waals surface area contributed by atoms with Crippen molar-refractivity contribution in [1.82, 2.24) is 14.5 Å². The van der Waals surface area contributed by atoms with Gasteiger partial charge in [0.2, 0.25) is 5.88 Å². The average molecular weight is 346 g/mol. The molecule has 2 aromatic rings. The van der Waals surface area contributed by atoms with Crippen LogP contribution in [0.25, 0.3) is 5.57 Å². The molecule has 7 heteroatoms. The molecule has 2 heterocycles. The van der Waals surface area contributed by atoms with E-state index in [1.165, 1.54) is 4.57 Å². The number of ether oxygens (including phenoxy) is 1. The fourth-order valence-electron chi connectivity index (χ4n) is 2.61. The Bertz CT molecular complexity index is 922. The first kappa shape index (κ1) is 16.3. The normalized spacial score (nSPS) is 16.8. The number of hydrogen-bond donors (Lipinski definition) is 1. The summed E-state index contributed by atoms with van der Waals surface area (Å²) >= 11 is 6.04. The van der Waals surface area contributed by atoms with Crippen molar-refractivity contribution < 1.29 is 4.74 Å². The molecule has 0 fully saturated rings. The van der Waals surface area contributed by atoms with E-state index in [2.05, 4.69) is 9.97 Å². The third-order valence-electron chi connectivity index (χ3n) is 3.88. The zero-order valence-electron chi connectivity index (χ0n) is 13.2. The van der Waals surface area contributed by atoms with Gasteiger partial charge in [0.15, 0.2) is 0 Å². The fourth-order valence-corrected chi connectivity index (χ4v) is 2.78. The molecule has 0 saturated carbocycles. The van der Waals surface area contributed by atoms with E-state index in [9.17, 15) is 9.59 Å². The van der Waals surface area contributed by atoms with Crippen molar-refractivity contribution in [3.63, 3.8) is 0 Å². The van der Waals surface area contributed by atoms with E-state index in [-0.39, 0.29) is 11.7 Å². The number of halogens is 1. The standard InChI is InChI=1S/C17H16ClN3O3/c1-10-14(21(2)17(23)20-15(10)22)11-5-7-12(8-6-11)24-16-13(18)4-3-9-19-16/h3-7,9,12H,8H2,1-2H3,(H,20,22,23). The van der Waals surface area contributed by atoms with Crippen LogP contribution < -0.4 is 16.0 Å². The summed E-state index contributed by atoms with van der Waals surface area (Å²) < 4.78 is 7.20. The van der Waals surface area contributed by atoms with Gasteiger partial charge in [-0.25, -0.2) is 9.78 Å². The lowest BCUT2D eigenvalue weighted by molar-refractivity contribution is 0.242. The molecule has 6 nitrogen and oxygen atoms in total. The molecule has 2 aromatic heterocycles. The van der Waals surface area contributed by atoms with E-state index in [1.54, 1.807) is 32.3 Å². The van der Waals surface area contributed by atoms with E-state index < -0.39 is 5.69 Å². The van der Waals surface area contributed by atoms with Crippen LogP contribution >= 0.6 is 11.6 Å². The zero-order chi connectivity index (χ0) is 17.3. The summed E-state index contributed by atoms with van der Waals surface area (Å²) in [6, 6.07) is 3.45. The molecule has 24 heavy (non-hydrogen) atoms. The molecule has 0 bridgehead atoms. The Morgan fingerprint density at radius 3 is 2.88 bits per heavy atom. The summed E-state index contributed by atoms with van der Waals surface area (Å²) in [7, 11) is 1.63. The molecular weight excluding hydrogens is 330 g/mol. The van der Waals surface area contributed by atoms with E-state index in [1.807, 2.05) is 18.2 Å². The molecule has 3 rings (SSSR count). The van der Waals surface area contributed by atoms with Crippen molar-refractivity contribution in [3.05, 3.63) is 73.7 Å². The highest BCUT2D eigenvalue weighted by atomic mass is 35.5. The van der Waals surface area contributed by atoms with Gasteiger partial charge in [-0.15, -0.1) is 0 Å². The van der Waals surface area contributed by atoms with Crippen LogP contribution in [-0.2, 0) is 7.05 Å². The second-order valence-electron chi connectivity index (χ2n) is 5.49. The summed E-state index contributed by atoms with van der Waals surface area (Å²) in [5.74, 6) is 0.380. The Hall–Kier alpha value is -2.60. The Morgan fingerprint density at radius 1 is 1.42 bits per heavy atom. The highest BCUT2D eigenvalue weighted by molar-refractivity contribution is 6.31. The maximum Gasteiger partial charge on any atom is 0.328 e. The first-order chi connectivity index (χ1) is 11.5. The minimum absolute atomic E-state index is 0.208. The van der Waals surface area contributed by atoms with Crippen LogP contribution in [-0.4, -0.2) is 20.6 Å². The molecule has 0 amide bonds. The molecule has 1 atom stereocenters. The van der Waals surface area contributed by atoms with E-state index in [0.29, 0.717) is 28.6 Å². The Balaban J connectivity index is 1.85. The first-order valence-electron chi connectivity index (χ1n) is 7.43. The number of H-pyrrole nitrogens is 1. The summed E-state index contributed by atoms with van der Waals surface area (Å²) in [4.78, 5) is 30.0. The molecule has 0 radical (unpaired) electrons. The molecular formula is C17H16ClN3O3. The predicted octanol–water partition coefficient (Wildman–Crippen LogP) is 2.22. The van der Waals surface area contributed by atoms with Crippen molar-refractivity contribution in [2.45, 2.75) is 19.4 Å². The lowest BCUT2D eigenvalue weighted by atomic mass is 9.99. The molecule has 1 aliphatic rings. The predicted molar refractivity (Wildman–Crippen MR) is 92.4 cm³/mol. The number of aromatic nitrogens is 3. The van der Waals surface area contributed by atoms with Crippen LogP contribution in [0.4, 0.5) is 0 Å². The minimum Gasteiger partial charge on any atom is -0.469 e. The third kappa shape index (κ3) is 3.05. The van der Waals surface area contributed by atoms with Gasteiger partial charge in [-0.1, -0.05) is 23.8 Å². The molecule has 1 unspecified atom stereocenters. The van der Waals surface area contributed by atoms with Crippen molar-refractivity contribution >= 4 is 17.2 Å². The second-order valence-corrected chi connectivity index (χ2v) is 5.90. The highest BCUT2D eigenvalue weighted by Gasteiger charge is 2.17. The van der Waals surface area contributed by atoms with Crippen LogP contribution in [0.15, 0.2) is 46.1 Å². The molecule has 0 aliphatic heterocycles. The molecule has 1 aliphatic carbocycles. The molecule has 0 aromatic carbocycles. The highest BCUT2D eigenvalue weighted by Crippen LogP contribution is 2.26. The van der Waals surface area contributed by atoms with Crippen LogP contribution in [0.5, 0.6) is 5.88 Å². The van der Waals surface area contributed by atoms with Gasteiger partial charge in [0, 0.05) is 25.2 Å². The smallest absolute Gasteiger partial charge is 0.328 e. The first-order valence-corrected chi connectivity index (χ1v) is 7.81. The van der Waals surface area contributed by atoms with Gasteiger partial charge in [0.05, 0.1) is 5.69 Å². The zero-order valence-corrected chi connectivity index (χ0v) is 14.0. The molecule has 0 saturated heterocycles. The summed E-state index contributed by atoms with van der Waals surface area (Å²) in [5.41, 5.74) is 1.11. The maximum atomic E-state index is 11.8. The summed E-state index contributed by atoms with van der Waals surface area (Å²) in [6.07, 6.45) is 7.63. The molecule has 124 valence electrons. The van der Waals surface area contributed by atoms with E-state index in [0.717, 1.165) is 5.57 Å². The second kappa shape index (κ2) is 6.49. The minimum atomic E-state index is -0.437. The maximum absolute atomic E-state index is 11.8. The van der Waals surface area contributed by atoms with Crippen LogP contribution in [0.3, 0.4) is 0 Å². The van der Waals surface area contributed by atoms with Gasteiger partial charge in [-0.2, -0.15) is 0 Å². The van der Waals surface area contributed by atoms with Crippen LogP contribution in [0.1, 0.15) is 17.7 Å².